The zero-order chi connectivity index (χ0) is 20.5. The zero-order valence-electron chi connectivity index (χ0n) is 16.0. The van der Waals surface area contributed by atoms with Crippen molar-refractivity contribution < 1.29 is 14.2 Å². The predicted molar refractivity (Wildman–Crippen MR) is 112 cm³/mol. The van der Waals surface area contributed by atoms with Crippen molar-refractivity contribution >= 4 is 17.8 Å². The van der Waals surface area contributed by atoms with Gasteiger partial charge in [-0.3, -0.25) is 0 Å². The normalized spacial score (nSPS) is 10.8. The third-order valence-electron chi connectivity index (χ3n) is 3.92. The van der Waals surface area contributed by atoms with Gasteiger partial charge in [-0.15, -0.1) is 16.8 Å². The number of hydrogen-bond donors (Lipinski definition) is 0. The van der Waals surface area contributed by atoms with Crippen molar-refractivity contribution in [1.29, 1.82) is 0 Å². The Bertz CT molecular complexity index is 974. The topological polar surface area (TPSA) is 70.8 Å². The summed E-state index contributed by atoms with van der Waals surface area (Å²) in [5, 5.41) is 12.2. The number of ether oxygens (including phenoxy) is 3. The Hall–Kier alpha value is -3.32. The molecule has 3 rings (SSSR count). The molecule has 0 fully saturated rings. The molecule has 0 unspecified atom stereocenters. The van der Waals surface area contributed by atoms with Gasteiger partial charge in [-0.05, 0) is 42.3 Å². The maximum Gasteiger partial charge on any atom is 0.161 e. The molecule has 7 nitrogen and oxygen atoms in total. The molecule has 3 aromatic rings. The summed E-state index contributed by atoms with van der Waals surface area (Å²) >= 11 is 6.09. The first kappa shape index (κ1) is 20.4. The summed E-state index contributed by atoms with van der Waals surface area (Å²) in [6.45, 7) is 4.44. The Morgan fingerprint density at radius 3 is 2.48 bits per heavy atom. The molecule has 8 heteroatoms. The highest BCUT2D eigenvalue weighted by Crippen LogP contribution is 2.28. The van der Waals surface area contributed by atoms with Gasteiger partial charge in [0, 0.05) is 10.6 Å². The molecule has 0 radical (unpaired) electrons. The van der Waals surface area contributed by atoms with Gasteiger partial charge in [-0.25, -0.2) is 4.68 Å². The minimum Gasteiger partial charge on any atom is -0.493 e. The molecular formula is C21H21ClN4O3. The van der Waals surface area contributed by atoms with E-state index in [1.54, 1.807) is 31.5 Å². The van der Waals surface area contributed by atoms with Crippen LogP contribution >= 0.6 is 11.6 Å². The minimum atomic E-state index is 0.340. The molecule has 1 heterocycles. The second kappa shape index (κ2) is 10.3. The third-order valence-corrected chi connectivity index (χ3v) is 4.15. The average Bonchev–Trinajstić information content (AvgIpc) is 3.25. The lowest BCUT2D eigenvalue weighted by molar-refractivity contribution is 0.211. The molecule has 0 saturated heterocycles. The van der Waals surface area contributed by atoms with Crippen LogP contribution in [0.15, 0.2) is 66.8 Å². The van der Waals surface area contributed by atoms with Crippen LogP contribution in [0, 0.1) is 0 Å². The lowest BCUT2D eigenvalue weighted by Crippen LogP contribution is -2.10. The van der Waals surface area contributed by atoms with Gasteiger partial charge in [0.05, 0.1) is 13.3 Å². The highest BCUT2D eigenvalue weighted by Gasteiger charge is 2.07. The van der Waals surface area contributed by atoms with Gasteiger partial charge in [-0.1, -0.05) is 23.7 Å². The maximum atomic E-state index is 6.09. The van der Waals surface area contributed by atoms with Gasteiger partial charge < -0.3 is 14.2 Å². The van der Waals surface area contributed by atoms with Crippen LogP contribution in [0.5, 0.6) is 17.2 Å². The van der Waals surface area contributed by atoms with Crippen LogP contribution in [0.1, 0.15) is 11.1 Å². The Labute approximate surface area is 174 Å². The summed E-state index contributed by atoms with van der Waals surface area (Å²) in [6, 6.07) is 11.1. The second-order valence-electron chi connectivity index (χ2n) is 5.94. The van der Waals surface area contributed by atoms with E-state index in [0.717, 1.165) is 17.5 Å². The van der Waals surface area contributed by atoms with Crippen LogP contribution in [0.3, 0.4) is 0 Å². The number of hydrogen-bond acceptors (Lipinski definition) is 6. The molecule has 0 aliphatic carbocycles. The summed E-state index contributed by atoms with van der Waals surface area (Å²) in [6.07, 6.45) is 7.23. The molecule has 150 valence electrons. The maximum absolute atomic E-state index is 6.09. The molecule has 0 saturated carbocycles. The quantitative estimate of drug-likeness (QED) is 0.286. The number of rotatable bonds is 10. The third kappa shape index (κ3) is 5.83. The van der Waals surface area contributed by atoms with Crippen molar-refractivity contribution in [3.8, 4) is 17.2 Å². The minimum absolute atomic E-state index is 0.340. The highest BCUT2D eigenvalue weighted by atomic mass is 35.5. The molecule has 0 spiro atoms. The molecule has 2 aromatic carbocycles. The van der Waals surface area contributed by atoms with E-state index < -0.39 is 0 Å². The number of halogens is 1. The first-order valence-corrected chi connectivity index (χ1v) is 9.29. The van der Waals surface area contributed by atoms with Crippen LogP contribution in [0.2, 0.25) is 5.02 Å². The van der Waals surface area contributed by atoms with Gasteiger partial charge in [-0.2, -0.15) is 5.10 Å². The van der Waals surface area contributed by atoms with Crippen molar-refractivity contribution in [3.05, 3.63) is 77.9 Å². The van der Waals surface area contributed by atoms with Crippen molar-refractivity contribution in [2.24, 2.45) is 5.10 Å². The molecule has 1 aromatic heterocycles. The lowest BCUT2D eigenvalue weighted by Gasteiger charge is -2.13. The number of allylic oxidation sites excluding steroid dienone is 1. The van der Waals surface area contributed by atoms with E-state index in [2.05, 4.69) is 21.9 Å². The summed E-state index contributed by atoms with van der Waals surface area (Å²) in [7, 11) is 1.62. The Balaban J connectivity index is 1.60. The Morgan fingerprint density at radius 2 is 1.76 bits per heavy atom. The monoisotopic (exact) mass is 412 g/mol. The molecule has 0 aliphatic heterocycles. The van der Waals surface area contributed by atoms with Gasteiger partial charge in [0.2, 0.25) is 0 Å². The fourth-order valence-electron chi connectivity index (χ4n) is 2.56. The van der Waals surface area contributed by atoms with Crippen LogP contribution in [0.25, 0.3) is 0 Å². The van der Waals surface area contributed by atoms with Gasteiger partial charge in [0.1, 0.15) is 31.6 Å². The van der Waals surface area contributed by atoms with Crippen LogP contribution in [0.4, 0.5) is 0 Å². The van der Waals surface area contributed by atoms with E-state index in [0.29, 0.717) is 35.5 Å². The molecule has 0 aliphatic rings. The van der Waals surface area contributed by atoms with E-state index in [9.17, 15) is 0 Å². The van der Waals surface area contributed by atoms with Crippen LogP contribution in [-0.2, 0) is 6.42 Å². The van der Waals surface area contributed by atoms with E-state index in [1.165, 1.54) is 17.3 Å². The number of nitrogens with zero attached hydrogens (tertiary/aromatic N) is 4. The van der Waals surface area contributed by atoms with E-state index >= 15 is 0 Å². The molecule has 0 amide bonds. The Morgan fingerprint density at radius 1 is 1.03 bits per heavy atom. The van der Waals surface area contributed by atoms with Gasteiger partial charge in [0.15, 0.2) is 11.5 Å². The number of benzene rings is 2. The lowest BCUT2D eigenvalue weighted by atomic mass is 10.1. The summed E-state index contributed by atoms with van der Waals surface area (Å²) in [4.78, 5) is 0. The summed E-state index contributed by atoms with van der Waals surface area (Å²) in [5.74, 6) is 1.98. The van der Waals surface area contributed by atoms with Crippen LogP contribution in [-0.4, -0.2) is 41.4 Å². The largest absolute Gasteiger partial charge is 0.493 e. The molecule has 0 N–H and O–H groups in total. The summed E-state index contributed by atoms with van der Waals surface area (Å²) in [5.41, 5.74) is 1.84. The molecule has 0 bridgehead atoms. The molecule has 0 atom stereocenters. The van der Waals surface area contributed by atoms with Gasteiger partial charge in [0.25, 0.3) is 0 Å². The van der Waals surface area contributed by atoms with E-state index in [4.69, 9.17) is 25.8 Å². The fourth-order valence-corrected chi connectivity index (χ4v) is 2.74. The highest BCUT2D eigenvalue weighted by molar-refractivity contribution is 6.30. The average molecular weight is 413 g/mol. The van der Waals surface area contributed by atoms with Gasteiger partial charge >= 0.3 is 0 Å². The van der Waals surface area contributed by atoms with Crippen molar-refractivity contribution in [3.63, 3.8) is 0 Å². The first-order chi connectivity index (χ1) is 14.2. The number of aromatic nitrogens is 3. The summed E-state index contributed by atoms with van der Waals surface area (Å²) < 4.78 is 18.5. The van der Waals surface area contributed by atoms with E-state index in [1.807, 2.05) is 24.3 Å². The van der Waals surface area contributed by atoms with Crippen LogP contribution < -0.4 is 14.2 Å². The number of methoxy groups -OCH3 is 1. The predicted octanol–water partition coefficient (Wildman–Crippen LogP) is 4.01. The smallest absolute Gasteiger partial charge is 0.161 e. The van der Waals surface area contributed by atoms with Crippen molar-refractivity contribution in [1.82, 2.24) is 14.9 Å². The SMILES string of the molecule is C=CCc1ccc(OCCOc2ccc(Cl)cc2/C=N\n2cnnc2)c(OC)c1. The molecular weight excluding hydrogens is 392 g/mol. The molecule has 29 heavy (non-hydrogen) atoms. The second-order valence-corrected chi connectivity index (χ2v) is 6.38. The Kier molecular flexibility index (Phi) is 7.24. The zero-order valence-corrected chi connectivity index (χ0v) is 16.7. The fraction of sp³-hybridized carbons (Fsp3) is 0.190. The first-order valence-electron chi connectivity index (χ1n) is 8.91. The van der Waals surface area contributed by atoms with Crippen molar-refractivity contribution in [2.45, 2.75) is 6.42 Å². The van der Waals surface area contributed by atoms with Crippen molar-refractivity contribution in [2.75, 3.05) is 20.3 Å². The standard InChI is InChI=1S/C21H21ClN4O3/c1-3-4-16-5-7-20(21(11-16)27-2)29-10-9-28-19-8-6-18(22)12-17(19)13-25-26-14-23-24-15-26/h3,5-8,11-15H,1,4,9-10H2,2H3/b25-13-. The van der Waals surface area contributed by atoms with E-state index in [-0.39, 0.29) is 0 Å².